The quantitative estimate of drug-likeness (QED) is 0.373. The Morgan fingerprint density at radius 2 is 1.64 bits per heavy atom. The molecule has 3 aromatic rings. The molecule has 1 N–H and O–H groups in total. The molecule has 5 nitrogen and oxygen atoms in total. The molecule has 0 amide bonds. The van der Waals surface area contributed by atoms with Crippen LogP contribution in [0.2, 0.25) is 20.1 Å². The fraction of sp³-hybridized carbons (Fsp3) is 0.136. The van der Waals surface area contributed by atoms with Gasteiger partial charge in [-0.1, -0.05) is 58.5 Å². The molecule has 1 unspecified atom stereocenters. The summed E-state index contributed by atoms with van der Waals surface area (Å²) >= 11 is 24.2. The summed E-state index contributed by atoms with van der Waals surface area (Å²) in [6.07, 6.45) is 0.438. The van der Waals surface area contributed by atoms with Gasteiger partial charge in [0.05, 0.1) is 38.9 Å². The molecule has 0 radical (unpaired) electrons. The average Bonchev–Trinajstić information content (AvgIpc) is 3.19. The van der Waals surface area contributed by atoms with Gasteiger partial charge in [0.2, 0.25) is 10.0 Å². The Balaban J connectivity index is 1.61. The standard InChI is InChI=1S/C22H16Cl4FN3O2S/c23-14-3-1-13(2-4-14)22-10-16(29-30(22)21-8-5-15(24)9-19(21)26)12-28-33(31,32)17-6-7-20(27)18(25)11-17/h1-9,11,22,28H,10,12H2. The number of nitrogens with zero attached hydrogens (tertiary/aromatic N) is 2. The number of hydrazone groups is 1. The average molecular weight is 547 g/mol. The number of rotatable bonds is 6. The second-order valence-electron chi connectivity index (χ2n) is 7.28. The smallest absolute Gasteiger partial charge is 0.240 e. The molecule has 4 rings (SSSR count). The number of hydrogen-bond acceptors (Lipinski definition) is 4. The SMILES string of the molecule is O=S(=O)(NCC1=NN(c2ccc(Cl)cc2Cl)C(c2ccc(Cl)cc2)C1)c1ccc(F)c(Cl)c1. The van der Waals surface area contributed by atoms with Crippen LogP contribution in [0.1, 0.15) is 18.0 Å². The summed E-state index contributed by atoms with van der Waals surface area (Å²) < 4.78 is 41.3. The fourth-order valence-corrected chi connectivity index (χ4v) is 5.33. The van der Waals surface area contributed by atoms with Crippen molar-refractivity contribution >= 4 is 67.8 Å². The Labute approximate surface area is 210 Å². The fourth-order valence-electron chi connectivity index (χ4n) is 3.42. The third kappa shape index (κ3) is 5.45. The Morgan fingerprint density at radius 3 is 2.30 bits per heavy atom. The van der Waals surface area contributed by atoms with E-state index >= 15 is 0 Å². The number of benzene rings is 3. The first kappa shape index (κ1) is 24.3. The Bertz CT molecular complexity index is 1330. The van der Waals surface area contributed by atoms with Crippen molar-refractivity contribution in [3.05, 3.63) is 92.1 Å². The van der Waals surface area contributed by atoms with Crippen LogP contribution in [0.15, 0.2) is 70.7 Å². The second kappa shape index (κ2) is 9.78. The zero-order chi connectivity index (χ0) is 23.8. The number of hydrogen-bond donors (Lipinski definition) is 1. The highest BCUT2D eigenvalue weighted by Gasteiger charge is 2.31. The van der Waals surface area contributed by atoms with Crippen LogP contribution in [0.5, 0.6) is 0 Å². The van der Waals surface area contributed by atoms with E-state index in [1.807, 2.05) is 12.1 Å². The lowest BCUT2D eigenvalue weighted by Gasteiger charge is -2.25. The van der Waals surface area contributed by atoms with Crippen molar-refractivity contribution in [1.82, 2.24) is 4.72 Å². The molecule has 0 fully saturated rings. The van der Waals surface area contributed by atoms with E-state index in [2.05, 4.69) is 9.82 Å². The second-order valence-corrected chi connectivity index (χ2v) is 10.7. The summed E-state index contributed by atoms with van der Waals surface area (Å²) in [7, 11) is -3.93. The van der Waals surface area contributed by atoms with Gasteiger partial charge in [0.25, 0.3) is 0 Å². The Hall–Kier alpha value is -1.87. The van der Waals surface area contributed by atoms with Crippen molar-refractivity contribution in [2.24, 2.45) is 5.10 Å². The lowest BCUT2D eigenvalue weighted by atomic mass is 10.0. The first-order chi connectivity index (χ1) is 15.6. The van der Waals surface area contributed by atoms with Crippen molar-refractivity contribution in [1.29, 1.82) is 0 Å². The topological polar surface area (TPSA) is 61.8 Å². The Morgan fingerprint density at radius 1 is 0.939 bits per heavy atom. The molecule has 3 aromatic carbocycles. The van der Waals surface area contributed by atoms with E-state index in [4.69, 9.17) is 46.4 Å². The van der Waals surface area contributed by atoms with Crippen LogP contribution < -0.4 is 9.73 Å². The first-order valence-electron chi connectivity index (χ1n) is 9.65. The highest BCUT2D eigenvalue weighted by atomic mass is 35.5. The maximum Gasteiger partial charge on any atom is 0.240 e. The normalized spacial score (nSPS) is 16.2. The molecule has 1 heterocycles. The van der Waals surface area contributed by atoms with Gasteiger partial charge in [-0.15, -0.1) is 0 Å². The maximum atomic E-state index is 13.4. The molecular weight excluding hydrogens is 531 g/mol. The summed E-state index contributed by atoms with van der Waals surface area (Å²) in [6, 6.07) is 15.4. The predicted octanol–water partition coefficient (Wildman–Crippen LogP) is 6.73. The van der Waals surface area contributed by atoms with Crippen LogP contribution in [0, 0.1) is 5.82 Å². The monoisotopic (exact) mass is 545 g/mol. The zero-order valence-corrected chi connectivity index (χ0v) is 20.6. The largest absolute Gasteiger partial charge is 0.256 e. The van der Waals surface area contributed by atoms with Gasteiger partial charge in [-0.05, 0) is 54.1 Å². The third-order valence-electron chi connectivity index (χ3n) is 5.05. The minimum absolute atomic E-state index is 0.0525. The van der Waals surface area contributed by atoms with Crippen molar-refractivity contribution < 1.29 is 12.8 Å². The zero-order valence-electron chi connectivity index (χ0n) is 16.8. The van der Waals surface area contributed by atoms with E-state index in [-0.39, 0.29) is 22.5 Å². The lowest BCUT2D eigenvalue weighted by Crippen LogP contribution is -2.29. The molecule has 33 heavy (non-hydrogen) atoms. The van der Waals surface area contributed by atoms with Gasteiger partial charge in [0, 0.05) is 16.5 Å². The van der Waals surface area contributed by atoms with E-state index in [1.165, 1.54) is 0 Å². The molecule has 0 aromatic heterocycles. The van der Waals surface area contributed by atoms with Crippen LogP contribution >= 0.6 is 46.4 Å². The van der Waals surface area contributed by atoms with Gasteiger partial charge in [0.15, 0.2) is 0 Å². The summed E-state index contributed by atoms with van der Waals surface area (Å²) in [5.41, 5.74) is 2.14. The van der Waals surface area contributed by atoms with Gasteiger partial charge < -0.3 is 0 Å². The molecule has 0 bridgehead atoms. The summed E-state index contributed by atoms with van der Waals surface area (Å²) in [5.74, 6) is -0.697. The molecule has 1 aliphatic rings. The van der Waals surface area contributed by atoms with Gasteiger partial charge in [-0.3, -0.25) is 5.01 Å². The maximum absolute atomic E-state index is 13.4. The molecule has 1 atom stereocenters. The van der Waals surface area contributed by atoms with Crippen molar-refractivity contribution in [3.63, 3.8) is 0 Å². The highest BCUT2D eigenvalue weighted by Crippen LogP contribution is 2.39. The summed E-state index contributed by atoms with van der Waals surface area (Å²) in [5, 5.41) is 7.59. The number of nitrogens with one attached hydrogen (secondary N) is 1. The van der Waals surface area contributed by atoms with Crippen LogP contribution in [-0.2, 0) is 10.0 Å². The van der Waals surface area contributed by atoms with Crippen molar-refractivity contribution in [3.8, 4) is 0 Å². The third-order valence-corrected chi connectivity index (χ3v) is 7.53. The van der Waals surface area contributed by atoms with Gasteiger partial charge in [-0.25, -0.2) is 17.5 Å². The van der Waals surface area contributed by atoms with E-state index in [9.17, 15) is 12.8 Å². The van der Waals surface area contributed by atoms with Crippen LogP contribution in [0.25, 0.3) is 0 Å². The number of sulfonamides is 1. The molecule has 0 saturated heterocycles. The molecular formula is C22H16Cl4FN3O2S. The van der Waals surface area contributed by atoms with E-state index in [0.717, 1.165) is 23.8 Å². The predicted molar refractivity (Wildman–Crippen MR) is 132 cm³/mol. The van der Waals surface area contributed by atoms with Crippen LogP contribution in [0.4, 0.5) is 10.1 Å². The molecule has 0 aliphatic carbocycles. The summed E-state index contributed by atoms with van der Waals surface area (Å²) in [6.45, 7) is -0.0525. The lowest BCUT2D eigenvalue weighted by molar-refractivity contribution is 0.585. The van der Waals surface area contributed by atoms with Crippen molar-refractivity contribution in [2.45, 2.75) is 17.4 Å². The number of anilines is 1. The van der Waals surface area contributed by atoms with Gasteiger partial charge >= 0.3 is 0 Å². The van der Waals surface area contributed by atoms with Gasteiger partial charge in [0.1, 0.15) is 5.82 Å². The molecule has 1 aliphatic heterocycles. The van der Waals surface area contributed by atoms with Crippen LogP contribution in [-0.4, -0.2) is 20.7 Å². The van der Waals surface area contributed by atoms with Crippen LogP contribution in [0.3, 0.4) is 0 Å². The molecule has 172 valence electrons. The van der Waals surface area contributed by atoms with Gasteiger partial charge in [-0.2, -0.15) is 5.10 Å². The van der Waals surface area contributed by atoms with E-state index in [1.54, 1.807) is 35.3 Å². The molecule has 11 heteroatoms. The Kier molecular flexibility index (Phi) is 7.19. The minimum atomic E-state index is -3.93. The highest BCUT2D eigenvalue weighted by molar-refractivity contribution is 7.89. The minimum Gasteiger partial charge on any atom is -0.256 e. The summed E-state index contributed by atoms with van der Waals surface area (Å²) in [4.78, 5) is -0.139. The van der Waals surface area contributed by atoms with E-state index < -0.39 is 15.8 Å². The van der Waals surface area contributed by atoms with E-state index in [0.29, 0.717) is 32.9 Å². The molecule has 0 spiro atoms. The molecule has 0 saturated carbocycles. The van der Waals surface area contributed by atoms with Crippen molar-refractivity contribution in [2.75, 3.05) is 11.6 Å². The number of halogens is 5. The first-order valence-corrected chi connectivity index (χ1v) is 12.6.